The minimum atomic E-state index is -0.796. The summed E-state index contributed by atoms with van der Waals surface area (Å²) in [6.45, 7) is 0. The van der Waals surface area contributed by atoms with Crippen molar-refractivity contribution in [1.29, 1.82) is 0 Å². The van der Waals surface area contributed by atoms with Gasteiger partial charge in [-0.2, -0.15) is 11.3 Å². The van der Waals surface area contributed by atoms with E-state index >= 15 is 0 Å². The van der Waals surface area contributed by atoms with E-state index in [0.717, 1.165) is 10.3 Å². The van der Waals surface area contributed by atoms with Gasteiger partial charge in [0.2, 0.25) is 5.78 Å². The maximum atomic E-state index is 13.3. The summed E-state index contributed by atoms with van der Waals surface area (Å²) in [7, 11) is 1.58. The van der Waals surface area contributed by atoms with Gasteiger partial charge in [-0.15, -0.1) is 0 Å². The Morgan fingerprint density at radius 2 is 2.10 bits per heavy atom. The fourth-order valence-electron chi connectivity index (χ4n) is 3.54. The summed E-state index contributed by atoms with van der Waals surface area (Å²) >= 11 is 2.74. The molecule has 1 aromatic carbocycles. The topological polar surface area (TPSA) is 92.6 Å². The molecular weight excluding hydrogens is 434 g/mol. The van der Waals surface area contributed by atoms with E-state index in [4.69, 9.17) is 4.74 Å². The normalized spacial score (nSPS) is 16.4. The standard InChI is InChI=1S/C22H15N3O4S2/c1-29-13-5-6-14-16(10-13)31-22(24-14)25-18(12-7-9-30-11-12)17(20(27)21(25)28)19(26)15-4-2-3-8-23-15/h2-11,18,27H,1H3. The smallest absolute Gasteiger partial charge is 0.296 e. The van der Waals surface area contributed by atoms with Gasteiger partial charge in [-0.3, -0.25) is 19.5 Å². The lowest BCUT2D eigenvalue weighted by Crippen LogP contribution is -2.30. The molecule has 31 heavy (non-hydrogen) atoms. The van der Waals surface area contributed by atoms with Crippen LogP contribution in [0.3, 0.4) is 0 Å². The highest BCUT2D eigenvalue weighted by Crippen LogP contribution is 2.44. The number of methoxy groups -OCH3 is 1. The highest BCUT2D eigenvalue weighted by molar-refractivity contribution is 7.22. The molecular formula is C22H15N3O4S2. The number of pyridine rings is 1. The number of ketones is 1. The first-order valence-electron chi connectivity index (χ1n) is 9.27. The molecule has 0 aliphatic carbocycles. The Bertz CT molecular complexity index is 1330. The molecule has 1 atom stereocenters. The minimum absolute atomic E-state index is 0.000985. The van der Waals surface area contributed by atoms with Gasteiger partial charge in [0, 0.05) is 6.20 Å². The molecule has 9 heteroatoms. The van der Waals surface area contributed by atoms with Crippen LogP contribution in [0.15, 0.2) is 70.8 Å². The first-order valence-corrected chi connectivity index (χ1v) is 11.0. The number of carbonyl (C=O) groups excluding carboxylic acids is 2. The van der Waals surface area contributed by atoms with Crippen LogP contribution in [0.5, 0.6) is 5.75 Å². The molecule has 0 saturated heterocycles. The molecule has 5 rings (SSSR count). The van der Waals surface area contributed by atoms with E-state index in [1.807, 2.05) is 29.0 Å². The number of thiazole rings is 1. The van der Waals surface area contributed by atoms with Gasteiger partial charge in [-0.25, -0.2) is 4.98 Å². The third-order valence-corrected chi connectivity index (χ3v) is 6.72. The summed E-state index contributed by atoms with van der Waals surface area (Å²) in [5.74, 6) is -1.06. The molecule has 0 saturated carbocycles. The Morgan fingerprint density at radius 1 is 1.23 bits per heavy atom. The van der Waals surface area contributed by atoms with Gasteiger partial charge in [0.1, 0.15) is 11.4 Å². The van der Waals surface area contributed by atoms with Crippen molar-refractivity contribution in [3.8, 4) is 5.75 Å². The molecule has 7 nitrogen and oxygen atoms in total. The van der Waals surface area contributed by atoms with Crippen molar-refractivity contribution in [2.75, 3.05) is 12.0 Å². The van der Waals surface area contributed by atoms with Crippen LogP contribution in [-0.2, 0) is 4.79 Å². The number of hydrogen-bond donors (Lipinski definition) is 1. The van der Waals surface area contributed by atoms with Crippen molar-refractivity contribution in [2.45, 2.75) is 6.04 Å². The number of aliphatic hydroxyl groups excluding tert-OH is 1. The summed E-state index contributed by atoms with van der Waals surface area (Å²) in [5, 5.41) is 14.8. The van der Waals surface area contributed by atoms with E-state index in [9.17, 15) is 14.7 Å². The second kappa shape index (κ2) is 7.60. The van der Waals surface area contributed by atoms with Crippen LogP contribution in [0.4, 0.5) is 5.13 Å². The Labute approximate surface area is 184 Å². The van der Waals surface area contributed by atoms with E-state index in [1.165, 1.54) is 33.8 Å². The summed E-state index contributed by atoms with van der Waals surface area (Å²) in [6.07, 6.45) is 1.50. The summed E-state index contributed by atoms with van der Waals surface area (Å²) in [6, 6.07) is 11.4. The number of aromatic nitrogens is 2. The molecule has 1 amide bonds. The Kier molecular flexibility index (Phi) is 4.76. The van der Waals surface area contributed by atoms with Crippen LogP contribution < -0.4 is 9.64 Å². The van der Waals surface area contributed by atoms with E-state index in [-0.39, 0.29) is 11.3 Å². The number of Topliss-reactive ketones (excluding diaryl/α,β-unsaturated/α-hetero) is 1. The van der Waals surface area contributed by atoms with Gasteiger partial charge >= 0.3 is 0 Å². The van der Waals surface area contributed by atoms with Crippen molar-refractivity contribution < 1.29 is 19.4 Å². The molecule has 1 aliphatic rings. The molecule has 4 aromatic rings. The molecule has 4 heterocycles. The molecule has 1 unspecified atom stereocenters. The number of ether oxygens (including phenoxy) is 1. The van der Waals surface area contributed by atoms with Crippen molar-refractivity contribution in [3.63, 3.8) is 0 Å². The van der Waals surface area contributed by atoms with Crippen molar-refractivity contribution in [3.05, 3.63) is 82.0 Å². The third-order valence-electron chi connectivity index (χ3n) is 5.00. The number of benzene rings is 1. The lowest BCUT2D eigenvalue weighted by Gasteiger charge is -2.23. The fourth-order valence-corrected chi connectivity index (χ4v) is 5.24. The van der Waals surface area contributed by atoms with Gasteiger partial charge < -0.3 is 9.84 Å². The number of thiophene rings is 1. The van der Waals surface area contributed by atoms with Gasteiger partial charge in [-0.1, -0.05) is 17.4 Å². The first-order chi connectivity index (χ1) is 15.1. The maximum Gasteiger partial charge on any atom is 0.296 e. The second-order valence-electron chi connectivity index (χ2n) is 6.77. The van der Waals surface area contributed by atoms with Crippen molar-refractivity contribution >= 4 is 49.7 Å². The monoisotopic (exact) mass is 449 g/mol. The minimum Gasteiger partial charge on any atom is -0.503 e. The number of carbonyl (C=O) groups is 2. The molecule has 1 N–H and O–H groups in total. The number of anilines is 1. The number of hydrogen-bond acceptors (Lipinski definition) is 8. The number of rotatable bonds is 5. The van der Waals surface area contributed by atoms with Crippen LogP contribution >= 0.6 is 22.7 Å². The lowest BCUT2D eigenvalue weighted by molar-refractivity contribution is -0.117. The highest BCUT2D eigenvalue weighted by Gasteiger charge is 2.46. The Balaban J connectivity index is 1.65. The molecule has 0 bridgehead atoms. The quantitative estimate of drug-likeness (QED) is 0.450. The molecule has 0 spiro atoms. The molecule has 154 valence electrons. The predicted molar refractivity (Wildman–Crippen MR) is 119 cm³/mol. The zero-order valence-corrected chi connectivity index (χ0v) is 17.8. The first kappa shape index (κ1) is 19.4. The van der Waals surface area contributed by atoms with Gasteiger partial charge in [-0.05, 0) is 52.7 Å². The number of amides is 1. The van der Waals surface area contributed by atoms with Crippen LogP contribution in [0.2, 0.25) is 0 Å². The predicted octanol–water partition coefficient (Wildman–Crippen LogP) is 4.54. The molecule has 3 aromatic heterocycles. The van der Waals surface area contributed by atoms with Crippen LogP contribution in [0, 0.1) is 0 Å². The highest BCUT2D eigenvalue weighted by atomic mass is 32.1. The van der Waals surface area contributed by atoms with Crippen LogP contribution in [0.25, 0.3) is 10.2 Å². The van der Waals surface area contributed by atoms with Crippen molar-refractivity contribution in [1.82, 2.24) is 9.97 Å². The SMILES string of the molecule is COc1ccc2nc(N3C(=O)C(O)=C(C(=O)c4ccccn4)C3c3ccsc3)sc2c1. The van der Waals surface area contributed by atoms with E-state index in [1.54, 1.807) is 31.4 Å². The van der Waals surface area contributed by atoms with Crippen LogP contribution in [-0.4, -0.2) is 33.9 Å². The molecule has 0 fully saturated rings. The lowest BCUT2D eigenvalue weighted by atomic mass is 9.96. The maximum absolute atomic E-state index is 13.3. The average Bonchev–Trinajstić information content (AvgIpc) is 3.52. The Hall–Kier alpha value is -3.56. The van der Waals surface area contributed by atoms with E-state index in [0.29, 0.717) is 16.4 Å². The number of nitrogens with zero attached hydrogens (tertiary/aromatic N) is 3. The zero-order valence-electron chi connectivity index (χ0n) is 16.2. The molecule has 0 radical (unpaired) electrons. The largest absolute Gasteiger partial charge is 0.503 e. The van der Waals surface area contributed by atoms with Crippen LogP contribution in [0.1, 0.15) is 22.1 Å². The Morgan fingerprint density at radius 3 is 2.81 bits per heavy atom. The fraction of sp³-hybridized carbons (Fsp3) is 0.0909. The zero-order chi connectivity index (χ0) is 21.5. The summed E-state index contributed by atoms with van der Waals surface area (Å²) in [4.78, 5) is 36.5. The summed E-state index contributed by atoms with van der Waals surface area (Å²) < 4.78 is 6.10. The second-order valence-corrected chi connectivity index (χ2v) is 8.56. The number of aliphatic hydroxyl groups is 1. The van der Waals surface area contributed by atoms with Gasteiger partial charge in [0.25, 0.3) is 5.91 Å². The van der Waals surface area contributed by atoms with Crippen molar-refractivity contribution in [2.24, 2.45) is 0 Å². The van der Waals surface area contributed by atoms with Gasteiger partial charge in [0.05, 0.1) is 28.9 Å². The summed E-state index contributed by atoms with van der Waals surface area (Å²) in [5.41, 5.74) is 1.58. The average molecular weight is 450 g/mol. The molecule has 1 aliphatic heterocycles. The van der Waals surface area contributed by atoms with E-state index < -0.39 is 23.5 Å². The van der Waals surface area contributed by atoms with Gasteiger partial charge in [0.15, 0.2) is 10.9 Å². The third kappa shape index (κ3) is 3.18. The van der Waals surface area contributed by atoms with E-state index in [2.05, 4.69) is 9.97 Å². The number of fused-ring (bicyclic) bond motifs is 1.